The van der Waals surface area contributed by atoms with Crippen LogP contribution in [0.25, 0.3) is 11.1 Å². The number of carbonyl (C=O) groups is 3. The van der Waals surface area contributed by atoms with Crippen molar-refractivity contribution in [1.82, 2.24) is 10.6 Å². The summed E-state index contributed by atoms with van der Waals surface area (Å²) >= 11 is 0. The highest BCUT2D eigenvalue weighted by Crippen LogP contribution is 2.44. The van der Waals surface area contributed by atoms with Crippen LogP contribution in [0.2, 0.25) is 0 Å². The fourth-order valence-corrected chi connectivity index (χ4v) is 4.35. The summed E-state index contributed by atoms with van der Waals surface area (Å²) in [6.07, 6.45) is 0.881. The minimum atomic E-state index is -0.846. The number of carbonyl (C=O) groups excluding carboxylic acids is 2. The zero-order chi connectivity index (χ0) is 24.7. The molecule has 2 atom stereocenters. The van der Waals surface area contributed by atoms with Crippen molar-refractivity contribution in [2.75, 3.05) is 13.2 Å². The second kappa shape index (κ2) is 11.7. The average molecular weight is 467 g/mol. The van der Waals surface area contributed by atoms with E-state index >= 15 is 0 Å². The molecule has 0 bridgehead atoms. The Balaban J connectivity index is 1.56. The molecule has 34 heavy (non-hydrogen) atoms. The first-order valence-electron chi connectivity index (χ1n) is 11.9. The topological polar surface area (TPSA) is 105 Å². The molecular weight excluding hydrogens is 432 g/mol. The number of benzene rings is 2. The lowest BCUT2D eigenvalue weighted by molar-refractivity contribution is -0.141. The molecule has 7 nitrogen and oxygen atoms in total. The van der Waals surface area contributed by atoms with Crippen LogP contribution < -0.4 is 10.6 Å². The van der Waals surface area contributed by atoms with Gasteiger partial charge in [0.2, 0.25) is 5.91 Å². The highest BCUT2D eigenvalue weighted by Gasteiger charge is 2.30. The molecule has 1 aliphatic rings. The molecule has 1 aliphatic carbocycles. The Morgan fingerprint density at radius 1 is 0.971 bits per heavy atom. The van der Waals surface area contributed by atoms with Crippen LogP contribution >= 0.6 is 0 Å². The molecule has 0 aromatic heterocycles. The van der Waals surface area contributed by atoms with Gasteiger partial charge < -0.3 is 20.5 Å². The van der Waals surface area contributed by atoms with Crippen molar-refractivity contribution in [3.05, 3.63) is 59.7 Å². The van der Waals surface area contributed by atoms with Crippen LogP contribution in [-0.2, 0) is 14.3 Å². The number of aliphatic carboxylic acids is 1. The normalized spacial score (nSPS) is 14.1. The van der Waals surface area contributed by atoms with Gasteiger partial charge in [-0.2, -0.15) is 0 Å². The largest absolute Gasteiger partial charge is 0.481 e. The Labute approximate surface area is 200 Å². The first kappa shape index (κ1) is 25.3. The van der Waals surface area contributed by atoms with Crippen molar-refractivity contribution >= 4 is 18.0 Å². The fourth-order valence-electron chi connectivity index (χ4n) is 4.35. The van der Waals surface area contributed by atoms with E-state index in [4.69, 9.17) is 9.84 Å². The van der Waals surface area contributed by atoms with E-state index in [2.05, 4.69) is 34.9 Å². The van der Waals surface area contributed by atoms with Crippen molar-refractivity contribution < 1.29 is 24.2 Å². The predicted molar refractivity (Wildman–Crippen MR) is 130 cm³/mol. The number of carboxylic acid groups (broad SMARTS) is 1. The molecular formula is C27H34N2O5. The minimum absolute atomic E-state index is 0.0493. The lowest BCUT2D eigenvalue weighted by atomic mass is 9.98. The molecule has 0 saturated heterocycles. The van der Waals surface area contributed by atoms with Gasteiger partial charge in [-0.05, 0) is 47.4 Å². The molecule has 0 radical (unpaired) electrons. The van der Waals surface area contributed by atoms with E-state index in [0.717, 1.165) is 22.3 Å². The molecule has 0 spiro atoms. The van der Waals surface area contributed by atoms with Crippen molar-refractivity contribution in [3.8, 4) is 11.1 Å². The van der Waals surface area contributed by atoms with E-state index < -0.39 is 24.0 Å². The maximum Gasteiger partial charge on any atom is 0.407 e. The number of rotatable bonds is 11. The summed E-state index contributed by atoms with van der Waals surface area (Å²) in [5.74, 6) is -1.45. The van der Waals surface area contributed by atoms with E-state index in [9.17, 15) is 14.4 Å². The first-order valence-corrected chi connectivity index (χ1v) is 11.9. The van der Waals surface area contributed by atoms with Gasteiger partial charge in [-0.3, -0.25) is 9.59 Å². The number of fused-ring (bicyclic) bond motifs is 3. The predicted octanol–water partition coefficient (Wildman–Crippen LogP) is 4.56. The summed E-state index contributed by atoms with van der Waals surface area (Å²) in [5, 5.41) is 14.5. The third kappa shape index (κ3) is 6.37. The Kier molecular flexibility index (Phi) is 8.68. The summed E-state index contributed by atoms with van der Waals surface area (Å²) in [6, 6.07) is 15.5. The van der Waals surface area contributed by atoms with Crippen LogP contribution in [0.3, 0.4) is 0 Å². The molecule has 2 amide bonds. The third-order valence-corrected chi connectivity index (χ3v) is 6.19. The summed E-state index contributed by atoms with van der Waals surface area (Å²) < 4.78 is 5.59. The van der Waals surface area contributed by atoms with Crippen molar-refractivity contribution in [1.29, 1.82) is 0 Å². The van der Waals surface area contributed by atoms with E-state index in [1.165, 1.54) is 0 Å². The van der Waals surface area contributed by atoms with Gasteiger partial charge in [0.05, 0.1) is 5.92 Å². The molecule has 2 aromatic rings. The van der Waals surface area contributed by atoms with Crippen LogP contribution in [0, 0.1) is 11.8 Å². The van der Waals surface area contributed by atoms with Crippen molar-refractivity contribution in [2.24, 2.45) is 11.8 Å². The van der Waals surface area contributed by atoms with Gasteiger partial charge in [-0.15, -0.1) is 0 Å². The molecule has 7 heteroatoms. The van der Waals surface area contributed by atoms with E-state index in [1.54, 1.807) is 6.92 Å². The van der Waals surface area contributed by atoms with Crippen LogP contribution in [0.1, 0.15) is 57.1 Å². The Bertz CT molecular complexity index is 974. The smallest absolute Gasteiger partial charge is 0.407 e. The molecule has 2 aromatic carbocycles. The maximum absolute atomic E-state index is 12.7. The third-order valence-electron chi connectivity index (χ3n) is 6.19. The van der Waals surface area contributed by atoms with Gasteiger partial charge in [0, 0.05) is 12.5 Å². The fraction of sp³-hybridized carbons (Fsp3) is 0.444. The van der Waals surface area contributed by atoms with Crippen LogP contribution in [-0.4, -0.2) is 42.3 Å². The van der Waals surface area contributed by atoms with Crippen molar-refractivity contribution in [2.45, 2.75) is 52.0 Å². The zero-order valence-corrected chi connectivity index (χ0v) is 20.0. The molecule has 0 heterocycles. The van der Waals surface area contributed by atoms with E-state index in [0.29, 0.717) is 25.8 Å². The SMILES string of the molecule is CC(C)C[C@H](NC(=O)OCC1c2ccccc2-c2ccccc21)C(=O)NCCCC(C)C(=O)O. The summed E-state index contributed by atoms with van der Waals surface area (Å²) in [4.78, 5) is 36.2. The Hall–Kier alpha value is -3.35. The number of hydrogen-bond acceptors (Lipinski definition) is 4. The number of carboxylic acids is 1. The van der Waals surface area contributed by atoms with Crippen molar-refractivity contribution in [3.63, 3.8) is 0 Å². The quantitative estimate of drug-likeness (QED) is 0.421. The molecule has 0 saturated carbocycles. The molecule has 1 unspecified atom stereocenters. The monoisotopic (exact) mass is 466 g/mol. The zero-order valence-electron chi connectivity index (χ0n) is 20.0. The standard InChI is InChI=1S/C27H34N2O5/c1-17(2)15-24(25(30)28-14-8-9-18(3)26(31)32)29-27(33)34-16-23-21-12-6-4-10-19(21)20-11-5-7-13-22(20)23/h4-7,10-13,17-18,23-24H,8-9,14-16H2,1-3H3,(H,28,30)(H,29,33)(H,31,32)/t18?,24-/m0/s1. The van der Waals surface area contributed by atoms with Crippen LogP contribution in [0.4, 0.5) is 4.79 Å². The average Bonchev–Trinajstić information content (AvgIpc) is 3.13. The molecule has 3 N–H and O–H groups in total. The van der Waals surface area contributed by atoms with E-state index in [-0.39, 0.29) is 24.3 Å². The molecule has 0 fully saturated rings. The first-order chi connectivity index (χ1) is 16.3. The molecule has 3 rings (SSSR count). The van der Waals surface area contributed by atoms with E-state index in [1.807, 2.05) is 38.1 Å². The molecule has 0 aliphatic heterocycles. The van der Waals surface area contributed by atoms with Gasteiger partial charge in [-0.1, -0.05) is 69.3 Å². The van der Waals surface area contributed by atoms with Gasteiger partial charge in [0.1, 0.15) is 12.6 Å². The number of alkyl carbamates (subject to hydrolysis) is 1. The summed E-state index contributed by atoms with van der Waals surface area (Å²) in [5.41, 5.74) is 4.56. The second-order valence-corrected chi connectivity index (χ2v) is 9.32. The number of nitrogens with one attached hydrogen (secondary N) is 2. The van der Waals surface area contributed by atoms with Crippen LogP contribution in [0.15, 0.2) is 48.5 Å². The summed E-state index contributed by atoms with van der Waals surface area (Å²) in [7, 11) is 0. The Morgan fingerprint density at radius 3 is 2.12 bits per heavy atom. The Morgan fingerprint density at radius 2 is 1.56 bits per heavy atom. The van der Waals surface area contributed by atoms with Gasteiger partial charge in [-0.25, -0.2) is 4.79 Å². The maximum atomic E-state index is 12.7. The lowest BCUT2D eigenvalue weighted by Gasteiger charge is -2.21. The number of amides is 2. The van der Waals surface area contributed by atoms with Gasteiger partial charge >= 0.3 is 12.1 Å². The second-order valence-electron chi connectivity index (χ2n) is 9.32. The highest BCUT2D eigenvalue weighted by atomic mass is 16.5. The van der Waals surface area contributed by atoms with Gasteiger partial charge in [0.25, 0.3) is 0 Å². The lowest BCUT2D eigenvalue weighted by Crippen LogP contribution is -2.48. The number of hydrogen-bond donors (Lipinski definition) is 3. The van der Waals surface area contributed by atoms with Gasteiger partial charge in [0.15, 0.2) is 0 Å². The molecule has 182 valence electrons. The highest BCUT2D eigenvalue weighted by molar-refractivity contribution is 5.85. The minimum Gasteiger partial charge on any atom is -0.481 e. The number of ether oxygens (including phenoxy) is 1. The summed E-state index contributed by atoms with van der Waals surface area (Å²) in [6.45, 7) is 6.15. The van der Waals surface area contributed by atoms with Crippen LogP contribution in [0.5, 0.6) is 0 Å².